The highest BCUT2D eigenvalue weighted by molar-refractivity contribution is 6.30. The maximum atomic E-state index is 6.00. The van der Waals surface area contributed by atoms with E-state index in [-0.39, 0.29) is 6.04 Å². The molecule has 2 rings (SSSR count). The van der Waals surface area contributed by atoms with Crippen LogP contribution in [0.15, 0.2) is 18.2 Å². The Morgan fingerprint density at radius 2 is 2.33 bits per heavy atom. The van der Waals surface area contributed by atoms with Gasteiger partial charge in [0.05, 0.1) is 0 Å². The summed E-state index contributed by atoms with van der Waals surface area (Å²) in [5.74, 6) is 0. The molecule has 1 aromatic rings. The highest BCUT2D eigenvalue weighted by atomic mass is 35.5. The molecule has 1 aliphatic heterocycles. The Hall–Kier alpha value is -0.730. The third kappa shape index (κ3) is 2.27. The molecule has 0 aliphatic carbocycles. The molecule has 1 aliphatic rings. The van der Waals surface area contributed by atoms with Gasteiger partial charge in [-0.25, -0.2) is 0 Å². The minimum absolute atomic E-state index is 0.259. The van der Waals surface area contributed by atoms with Crippen LogP contribution in [0.1, 0.15) is 18.9 Å². The summed E-state index contributed by atoms with van der Waals surface area (Å²) in [6, 6.07) is 6.39. The van der Waals surface area contributed by atoms with Crippen LogP contribution in [0.4, 0.5) is 5.69 Å². The maximum Gasteiger partial charge on any atom is 0.0426 e. The van der Waals surface area contributed by atoms with Gasteiger partial charge in [0.1, 0.15) is 0 Å². The number of hydrogen-bond donors (Lipinski definition) is 1. The van der Waals surface area contributed by atoms with E-state index < -0.39 is 0 Å². The van der Waals surface area contributed by atoms with E-state index in [1.165, 1.54) is 11.3 Å². The van der Waals surface area contributed by atoms with Crippen LogP contribution in [0.5, 0.6) is 0 Å². The van der Waals surface area contributed by atoms with Gasteiger partial charge in [0, 0.05) is 29.8 Å². The zero-order chi connectivity index (χ0) is 10.8. The lowest BCUT2D eigenvalue weighted by atomic mass is 10.1. The van der Waals surface area contributed by atoms with Crippen LogP contribution in [0.2, 0.25) is 5.02 Å². The molecule has 0 radical (unpaired) electrons. The van der Waals surface area contributed by atoms with E-state index in [9.17, 15) is 0 Å². The fourth-order valence-corrected chi connectivity index (χ4v) is 2.19. The van der Waals surface area contributed by atoms with Crippen molar-refractivity contribution in [1.82, 2.24) is 0 Å². The second kappa shape index (κ2) is 4.42. The summed E-state index contributed by atoms with van der Waals surface area (Å²) in [6.07, 6.45) is 2.13. The minimum Gasteiger partial charge on any atom is -0.369 e. The largest absolute Gasteiger partial charge is 0.369 e. The van der Waals surface area contributed by atoms with Gasteiger partial charge in [0.2, 0.25) is 0 Å². The molecule has 1 aromatic carbocycles. The van der Waals surface area contributed by atoms with Crippen LogP contribution in [0.3, 0.4) is 0 Å². The van der Waals surface area contributed by atoms with Crippen molar-refractivity contribution < 1.29 is 0 Å². The van der Waals surface area contributed by atoms with Crippen LogP contribution in [-0.4, -0.2) is 19.1 Å². The predicted octanol–water partition coefficient (Wildman–Crippen LogP) is 2.44. The molecule has 0 saturated carbocycles. The molecule has 0 fully saturated rings. The monoisotopic (exact) mass is 224 g/mol. The SMILES string of the molecule is CCC(N)CN1CCc2ccc(Cl)cc21. The first-order valence-corrected chi connectivity index (χ1v) is 5.87. The first kappa shape index (κ1) is 10.8. The zero-order valence-corrected chi connectivity index (χ0v) is 9.80. The second-order valence-corrected chi connectivity index (χ2v) is 4.57. The van der Waals surface area contributed by atoms with Gasteiger partial charge < -0.3 is 10.6 Å². The topological polar surface area (TPSA) is 29.3 Å². The Balaban J connectivity index is 2.16. The number of benzene rings is 1. The standard InChI is InChI=1S/C12H17ClN2/c1-2-11(14)8-15-6-5-9-3-4-10(13)7-12(9)15/h3-4,7,11H,2,5-6,8,14H2,1H3. The number of rotatable bonds is 3. The number of anilines is 1. The van der Waals surface area contributed by atoms with Gasteiger partial charge in [-0.3, -0.25) is 0 Å². The zero-order valence-electron chi connectivity index (χ0n) is 9.04. The number of nitrogens with two attached hydrogens (primary N) is 1. The van der Waals surface area contributed by atoms with Crippen molar-refractivity contribution in [3.8, 4) is 0 Å². The minimum atomic E-state index is 0.259. The summed E-state index contributed by atoms with van der Waals surface area (Å²) in [4.78, 5) is 2.34. The van der Waals surface area contributed by atoms with Crippen molar-refractivity contribution >= 4 is 17.3 Å². The van der Waals surface area contributed by atoms with Crippen molar-refractivity contribution in [2.75, 3.05) is 18.0 Å². The van der Waals surface area contributed by atoms with Crippen LogP contribution < -0.4 is 10.6 Å². The third-order valence-corrected chi connectivity index (χ3v) is 3.25. The van der Waals surface area contributed by atoms with Crippen LogP contribution in [0.25, 0.3) is 0 Å². The summed E-state index contributed by atoms with van der Waals surface area (Å²) in [6.45, 7) is 4.13. The lowest BCUT2D eigenvalue weighted by Crippen LogP contribution is -2.36. The molecule has 15 heavy (non-hydrogen) atoms. The van der Waals surface area contributed by atoms with Crippen molar-refractivity contribution in [3.05, 3.63) is 28.8 Å². The first-order valence-electron chi connectivity index (χ1n) is 5.49. The van der Waals surface area contributed by atoms with E-state index in [0.717, 1.165) is 31.0 Å². The second-order valence-electron chi connectivity index (χ2n) is 4.14. The van der Waals surface area contributed by atoms with Gasteiger partial charge in [-0.05, 0) is 30.5 Å². The molecular formula is C12H17ClN2. The normalized spacial score (nSPS) is 16.6. The van der Waals surface area contributed by atoms with Gasteiger partial charge in [-0.2, -0.15) is 0 Å². The number of halogens is 1. The summed E-state index contributed by atoms with van der Waals surface area (Å²) < 4.78 is 0. The summed E-state index contributed by atoms with van der Waals surface area (Å²) in [5.41, 5.74) is 8.63. The van der Waals surface area contributed by atoms with E-state index >= 15 is 0 Å². The molecule has 0 saturated heterocycles. The van der Waals surface area contributed by atoms with Gasteiger partial charge in [0.25, 0.3) is 0 Å². The molecule has 0 bridgehead atoms. The van der Waals surface area contributed by atoms with E-state index in [0.29, 0.717) is 0 Å². The molecule has 1 unspecified atom stereocenters. The van der Waals surface area contributed by atoms with E-state index in [4.69, 9.17) is 17.3 Å². The molecule has 1 heterocycles. The quantitative estimate of drug-likeness (QED) is 0.855. The molecule has 1 atom stereocenters. The summed E-state index contributed by atoms with van der Waals surface area (Å²) in [5, 5.41) is 0.811. The first-order chi connectivity index (χ1) is 7.20. The Kier molecular flexibility index (Phi) is 3.17. The molecule has 0 amide bonds. The summed E-state index contributed by atoms with van der Waals surface area (Å²) >= 11 is 6.00. The van der Waals surface area contributed by atoms with Gasteiger partial charge in [-0.1, -0.05) is 24.6 Å². The average molecular weight is 225 g/mol. The number of fused-ring (bicyclic) bond motifs is 1. The van der Waals surface area contributed by atoms with Crippen LogP contribution in [-0.2, 0) is 6.42 Å². The number of hydrogen-bond acceptors (Lipinski definition) is 2. The molecule has 0 aromatic heterocycles. The Morgan fingerprint density at radius 1 is 1.53 bits per heavy atom. The Labute approximate surface area is 96.0 Å². The Bertz CT molecular complexity index is 351. The van der Waals surface area contributed by atoms with E-state index in [1.807, 2.05) is 12.1 Å². The molecule has 2 N–H and O–H groups in total. The Morgan fingerprint density at radius 3 is 3.07 bits per heavy atom. The van der Waals surface area contributed by atoms with Gasteiger partial charge >= 0.3 is 0 Å². The molecule has 2 nitrogen and oxygen atoms in total. The average Bonchev–Trinajstić information content (AvgIpc) is 2.61. The fourth-order valence-electron chi connectivity index (χ4n) is 2.02. The van der Waals surface area contributed by atoms with Gasteiger partial charge in [0.15, 0.2) is 0 Å². The van der Waals surface area contributed by atoms with Crippen molar-refractivity contribution in [1.29, 1.82) is 0 Å². The van der Waals surface area contributed by atoms with E-state index in [1.54, 1.807) is 0 Å². The van der Waals surface area contributed by atoms with Crippen LogP contribution >= 0.6 is 11.6 Å². The van der Waals surface area contributed by atoms with Crippen LogP contribution in [0, 0.1) is 0 Å². The lowest BCUT2D eigenvalue weighted by molar-refractivity contribution is 0.625. The molecule has 3 heteroatoms. The van der Waals surface area contributed by atoms with Crippen molar-refractivity contribution in [2.45, 2.75) is 25.8 Å². The summed E-state index contributed by atoms with van der Waals surface area (Å²) in [7, 11) is 0. The number of nitrogens with zero attached hydrogens (tertiary/aromatic N) is 1. The predicted molar refractivity (Wildman–Crippen MR) is 65.6 cm³/mol. The highest BCUT2D eigenvalue weighted by Gasteiger charge is 2.20. The van der Waals surface area contributed by atoms with Crippen molar-refractivity contribution in [3.63, 3.8) is 0 Å². The molecule has 82 valence electrons. The van der Waals surface area contributed by atoms with E-state index in [2.05, 4.69) is 17.9 Å². The molecule has 0 spiro atoms. The molecular weight excluding hydrogens is 208 g/mol. The van der Waals surface area contributed by atoms with Gasteiger partial charge in [-0.15, -0.1) is 0 Å². The smallest absolute Gasteiger partial charge is 0.0426 e. The highest BCUT2D eigenvalue weighted by Crippen LogP contribution is 2.30. The maximum absolute atomic E-state index is 6.00. The van der Waals surface area contributed by atoms with Crippen molar-refractivity contribution in [2.24, 2.45) is 5.73 Å². The third-order valence-electron chi connectivity index (χ3n) is 3.02. The lowest BCUT2D eigenvalue weighted by Gasteiger charge is -2.22. The fraction of sp³-hybridized carbons (Fsp3) is 0.500.